The van der Waals surface area contributed by atoms with Crippen LogP contribution < -0.4 is 5.32 Å². The highest BCUT2D eigenvalue weighted by Crippen LogP contribution is 2.20. The Labute approximate surface area is 180 Å². The maximum Gasteiger partial charge on any atom is 0.327 e. The minimum absolute atomic E-state index is 0.000603. The van der Waals surface area contributed by atoms with Gasteiger partial charge in [-0.2, -0.15) is 0 Å². The van der Waals surface area contributed by atoms with E-state index >= 15 is 0 Å². The van der Waals surface area contributed by atoms with Crippen LogP contribution in [-0.2, 0) is 23.9 Å². The van der Waals surface area contributed by atoms with E-state index in [1.54, 1.807) is 38.1 Å². The van der Waals surface area contributed by atoms with Crippen LogP contribution in [0, 0.1) is 5.92 Å². The molecule has 0 aliphatic heterocycles. The molecule has 0 unspecified atom stereocenters. The van der Waals surface area contributed by atoms with Crippen molar-refractivity contribution in [2.75, 3.05) is 13.2 Å². The molecule has 0 fully saturated rings. The average Bonchev–Trinajstić information content (AvgIpc) is 2.77. The molecule has 2 rings (SSSR count). The number of carbonyl (C=O) groups excluding carboxylic acids is 3. The molecule has 0 spiro atoms. The molecule has 0 saturated carbocycles. The predicted molar refractivity (Wildman–Crippen MR) is 112 cm³/mol. The summed E-state index contributed by atoms with van der Waals surface area (Å²) in [6.45, 7) is 3.22. The highest BCUT2D eigenvalue weighted by atomic mass is 16.5. The molecule has 2 N–H and O–H groups in total. The molecule has 2 aromatic rings. The number of nitrogens with one attached hydrogen (secondary N) is 1. The Morgan fingerprint density at radius 1 is 0.871 bits per heavy atom. The zero-order chi connectivity index (χ0) is 22.8. The number of rotatable bonds is 10. The first-order chi connectivity index (χ1) is 14.9. The molecular weight excluding hydrogens is 402 g/mol. The fourth-order valence-electron chi connectivity index (χ4n) is 2.99. The maximum absolute atomic E-state index is 12.7. The predicted octanol–water partition coefficient (Wildman–Crippen LogP) is 2.67. The van der Waals surface area contributed by atoms with Crippen LogP contribution in [0.25, 0.3) is 11.1 Å². The summed E-state index contributed by atoms with van der Waals surface area (Å²) in [6, 6.07) is 14.5. The number of aliphatic carboxylic acids is 1. The van der Waals surface area contributed by atoms with Crippen molar-refractivity contribution < 1.29 is 33.8 Å². The fraction of sp³-hybridized carbons (Fsp3) is 0.304. The minimum Gasteiger partial charge on any atom is -0.480 e. The fourth-order valence-corrected chi connectivity index (χ4v) is 2.99. The lowest BCUT2D eigenvalue weighted by molar-refractivity contribution is -0.159. The molecule has 0 radical (unpaired) electrons. The van der Waals surface area contributed by atoms with Crippen LogP contribution in [0.4, 0.5) is 0 Å². The summed E-state index contributed by atoms with van der Waals surface area (Å²) < 4.78 is 9.73. The molecule has 164 valence electrons. The van der Waals surface area contributed by atoms with Gasteiger partial charge < -0.3 is 19.9 Å². The van der Waals surface area contributed by atoms with E-state index in [4.69, 9.17) is 9.47 Å². The number of carboxylic acids is 1. The van der Waals surface area contributed by atoms with Crippen LogP contribution >= 0.6 is 0 Å². The summed E-state index contributed by atoms with van der Waals surface area (Å²) >= 11 is 0. The second kappa shape index (κ2) is 11.5. The number of hydrogen-bond acceptors (Lipinski definition) is 6. The van der Waals surface area contributed by atoms with E-state index in [1.165, 1.54) is 0 Å². The summed E-state index contributed by atoms with van der Waals surface area (Å²) in [5.74, 6) is -5.23. The Morgan fingerprint density at radius 2 is 1.45 bits per heavy atom. The van der Waals surface area contributed by atoms with Crippen molar-refractivity contribution in [1.29, 1.82) is 0 Å². The molecule has 2 atom stereocenters. The monoisotopic (exact) mass is 427 g/mol. The molecule has 0 aliphatic rings. The van der Waals surface area contributed by atoms with E-state index in [9.17, 15) is 24.3 Å². The number of amides is 1. The van der Waals surface area contributed by atoms with E-state index < -0.39 is 42.2 Å². The van der Waals surface area contributed by atoms with Gasteiger partial charge in [-0.25, -0.2) is 4.79 Å². The molecule has 0 bridgehead atoms. The van der Waals surface area contributed by atoms with Gasteiger partial charge >= 0.3 is 17.9 Å². The van der Waals surface area contributed by atoms with Crippen molar-refractivity contribution in [2.24, 2.45) is 5.92 Å². The first kappa shape index (κ1) is 23.6. The number of hydrogen-bond donors (Lipinski definition) is 2. The summed E-state index contributed by atoms with van der Waals surface area (Å²) in [6.07, 6.45) is -0.531. The summed E-state index contributed by atoms with van der Waals surface area (Å²) in [4.78, 5) is 48.7. The average molecular weight is 427 g/mol. The quantitative estimate of drug-likeness (QED) is 0.560. The molecule has 0 heterocycles. The van der Waals surface area contributed by atoms with Crippen LogP contribution in [0.5, 0.6) is 0 Å². The molecule has 8 heteroatoms. The standard InChI is InChI=1S/C23H25NO7/c1-3-30-19(25)14-18(23(29)31-4-2)20(22(27)28)24-21(26)17-12-10-16(11-13-17)15-8-6-5-7-9-15/h5-13,18,20H,3-4,14H2,1-2H3,(H,24,26)(H,27,28)/t18-,20+/m1/s1. The second-order valence-corrected chi connectivity index (χ2v) is 6.60. The van der Waals surface area contributed by atoms with Gasteiger partial charge in [-0.05, 0) is 37.1 Å². The van der Waals surface area contributed by atoms with Crippen LogP contribution in [0.2, 0.25) is 0 Å². The SMILES string of the molecule is CCOC(=O)C[C@@H](C(=O)OCC)[C@H](NC(=O)c1ccc(-c2ccccc2)cc1)C(=O)O. The first-order valence-corrected chi connectivity index (χ1v) is 9.88. The molecule has 2 aromatic carbocycles. The molecule has 8 nitrogen and oxygen atoms in total. The van der Waals surface area contributed by atoms with Gasteiger partial charge in [0.05, 0.1) is 25.6 Å². The Bertz CT molecular complexity index is 909. The Kier molecular flexibility index (Phi) is 8.75. The Balaban J connectivity index is 2.20. The zero-order valence-electron chi connectivity index (χ0n) is 17.4. The van der Waals surface area contributed by atoms with Crippen molar-refractivity contribution in [2.45, 2.75) is 26.3 Å². The van der Waals surface area contributed by atoms with E-state index in [0.717, 1.165) is 11.1 Å². The number of carboxylic acid groups (broad SMARTS) is 1. The maximum atomic E-state index is 12.7. The summed E-state index contributed by atoms with van der Waals surface area (Å²) in [5.41, 5.74) is 2.07. The van der Waals surface area contributed by atoms with Gasteiger partial charge in [-0.1, -0.05) is 42.5 Å². The van der Waals surface area contributed by atoms with Crippen molar-refractivity contribution in [1.82, 2.24) is 5.32 Å². The highest BCUT2D eigenvalue weighted by molar-refractivity contribution is 5.98. The van der Waals surface area contributed by atoms with Gasteiger partial charge in [-0.15, -0.1) is 0 Å². The van der Waals surface area contributed by atoms with Gasteiger partial charge in [0.1, 0.15) is 6.04 Å². The first-order valence-electron chi connectivity index (χ1n) is 9.88. The van der Waals surface area contributed by atoms with E-state index in [-0.39, 0.29) is 18.8 Å². The lowest BCUT2D eigenvalue weighted by Gasteiger charge is -2.23. The lowest BCUT2D eigenvalue weighted by atomic mass is 9.95. The Morgan fingerprint density at radius 3 is 2.00 bits per heavy atom. The smallest absolute Gasteiger partial charge is 0.327 e. The summed E-state index contributed by atoms with van der Waals surface area (Å²) in [5, 5.41) is 11.9. The van der Waals surface area contributed by atoms with Gasteiger partial charge in [0.25, 0.3) is 5.91 Å². The highest BCUT2D eigenvalue weighted by Gasteiger charge is 2.38. The van der Waals surface area contributed by atoms with Crippen molar-refractivity contribution in [3.05, 3.63) is 60.2 Å². The van der Waals surface area contributed by atoms with E-state index in [0.29, 0.717) is 0 Å². The molecule has 0 aliphatic carbocycles. The Hall–Kier alpha value is -3.68. The normalized spacial score (nSPS) is 12.3. The zero-order valence-corrected chi connectivity index (χ0v) is 17.4. The number of ether oxygens (including phenoxy) is 2. The number of esters is 2. The largest absolute Gasteiger partial charge is 0.480 e. The third-order valence-electron chi connectivity index (χ3n) is 4.49. The number of benzene rings is 2. The second-order valence-electron chi connectivity index (χ2n) is 6.60. The van der Waals surface area contributed by atoms with Crippen LogP contribution in [-0.4, -0.2) is 48.2 Å². The van der Waals surface area contributed by atoms with Crippen molar-refractivity contribution >= 4 is 23.8 Å². The van der Waals surface area contributed by atoms with Gasteiger partial charge in [0.15, 0.2) is 0 Å². The molecule has 0 aromatic heterocycles. The molecule has 0 saturated heterocycles. The molecule has 31 heavy (non-hydrogen) atoms. The van der Waals surface area contributed by atoms with Crippen molar-refractivity contribution in [3.63, 3.8) is 0 Å². The van der Waals surface area contributed by atoms with Crippen LogP contribution in [0.1, 0.15) is 30.6 Å². The minimum atomic E-state index is -1.66. The lowest BCUT2D eigenvalue weighted by Crippen LogP contribution is -2.49. The van der Waals surface area contributed by atoms with Gasteiger partial charge in [0, 0.05) is 5.56 Å². The van der Waals surface area contributed by atoms with Crippen LogP contribution in [0.15, 0.2) is 54.6 Å². The third-order valence-corrected chi connectivity index (χ3v) is 4.49. The van der Waals surface area contributed by atoms with Gasteiger partial charge in [-0.3, -0.25) is 14.4 Å². The van der Waals surface area contributed by atoms with Gasteiger partial charge in [0.2, 0.25) is 0 Å². The molecular formula is C23H25NO7. The third kappa shape index (κ3) is 6.67. The molecule has 1 amide bonds. The van der Waals surface area contributed by atoms with Crippen molar-refractivity contribution in [3.8, 4) is 11.1 Å². The van der Waals surface area contributed by atoms with E-state index in [2.05, 4.69) is 5.32 Å². The topological polar surface area (TPSA) is 119 Å². The summed E-state index contributed by atoms with van der Waals surface area (Å²) in [7, 11) is 0. The van der Waals surface area contributed by atoms with Crippen LogP contribution in [0.3, 0.4) is 0 Å². The van der Waals surface area contributed by atoms with E-state index in [1.807, 2.05) is 30.3 Å². The number of carbonyl (C=O) groups is 4.